The van der Waals surface area contributed by atoms with Gasteiger partial charge in [0.2, 0.25) is 0 Å². The molecule has 2 rings (SSSR count). The fraction of sp³-hybridized carbons (Fsp3) is 0.316. The number of benzene rings is 2. The van der Waals surface area contributed by atoms with Crippen molar-refractivity contribution in [3.63, 3.8) is 0 Å². The minimum absolute atomic E-state index is 0. The zero-order valence-corrected chi connectivity index (χ0v) is 15.8. The Kier molecular flexibility index (Phi) is 8.48. The summed E-state index contributed by atoms with van der Waals surface area (Å²) in [5.74, 6) is -1.33. The number of carbonyl (C=O) groups is 1. The summed E-state index contributed by atoms with van der Waals surface area (Å²) < 4.78 is 33.4. The highest BCUT2D eigenvalue weighted by Gasteiger charge is 2.15. The standard InChI is InChI=1S/C19H22F2N2O2.ClH/c1-4-22-12(2)11-23-19(24)16-7-5-13(9-17(16)20)15-8-6-14(25-3)10-18(15)21;/h5-10,12,22H,4,11H2,1-3H3,(H,23,24);1H/t12-;/m1./s1. The zero-order chi connectivity index (χ0) is 18.4. The Morgan fingerprint density at radius 2 is 1.88 bits per heavy atom. The van der Waals surface area contributed by atoms with Crippen LogP contribution in [0.25, 0.3) is 11.1 Å². The van der Waals surface area contributed by atoms with Gasteiger partial charge in [0, 0.05) is 24.2 Å². The highest BCUT2D eigenvalue weighted by molar-refractivity contribution is 5.95. The Morgan fingerprint density at radius 1 is 1.15 bits per heavy atom. The van der Waals surface area contributed by atoms with Crippen molar-refractivity contribution >= 4 is 18.3 Å². The molecule has 0 heterocycles. The third kappa shape index (κ3) is 5.41. The van der Waals surface area contributed by atoms with Gasteiger partial charge in [0.15, 0.2) is 0 Å². The van der Waals surface area contributed by atoms with Crippen LogP contribution in [-0.2, 0) is 0 Å². The summed E-state index contributed by atoms with van der Waals surface area (Å²) in [7, 11) is 1.44. The maximum atomic E-state index is 14.3. The molecular weight excluding hydrogens is 362 g/mol. The van der Waals surface area contributed by atoms with Gasteiger partial charge in [-0.3, -0.25) is 4.79 Å². The van der Waals surface area contributed by atoms with Gasteiger partial charge in [-0.15, -0.1) is 12.4 Å². The molecule has 0 aliphatic heterocycles. The van der Waals surface area contributed by atoms with Crippen molar-refractivity contribution in [3.05, 3.63) is 53.6 Å². The van der Waals surface area contributed by atoms with Gasteiger partial charge in [0.05, 0.1) is 12.7 Å². The lowest BCUT2D eigenvalue weighted by Gasteiger charge is -2.14. The molecule has 0 bridgehead atoms. The number of likely N-dealkylation sites (N-methyl/N-ethyl adjacent to an activating group) is 1. The molecule has 0 saturated carbocycles. The van der Waals surface area contributed by atoms with Crippen LogP contribution in [0, 0.1) is 11.6 Å². The summed E-state index contributed by atoms with van der Waals surface area (Å²) >= 11 is 0. The van der Waals surface area contributed by atoms with Gasteiger partial charge in [-0.25, -0.2) is 8.78 Å². The number of halogens is 3. The predicted molar refractivity (Wildman–Crippen MR) is 101 cm³/mol. The number of rotatable bonds is 7. The second-order valence-electron chi connectivity index (χ2n) is 5.71. The molecule has 0 aromatic heterocycles. The second-order valence-corrected chi connectivity index (χ2v) is 5.71. The first-order valence-electron chi connectivity index (χ1n) is 8.11. The number of carbonyl (C=O) groups excluding carboxylic acids is 1. The van der Waals surface area contributed by atoms with Crippen molar-refractivity contribution in [1.29, 1.82) is 0 Å². The maximum absolute atomic E-state index is 14.3. The predicted octanol–water partition coefficient (Wildman–Crippen LogP) is 3.79. The Bertz CT molecular complexity index is 756. The van der Waals surface area contributed by atoms with Crippen molar-refractivity contribution in [2.75, 3.05) is 20.2 Å². The van der Waals surface area contributed by atoms with Crippen molar-refractivity contribution in [2.24, 2.45) is 0 Å². The molecule has 4 nitrogen and oxygen atoms in total. The molecule has 0 radical (unpaired) electrons. The monoisotopic (exact) mass is 384 g/mol. The van der Waals surface area contributed by atoms with E-state index in [-0.39, 0.29) is 29.6 Å². The van der Waals surface area contributed by atoms with E-state index in [1.807, 2.05) is 13.8 Å². The molecule has 0 aliphatic carbocycles. The first kappa shape index (κ1) is 21.9. The van der Waals surface area contributed by atoms with E-state index in [2.05, 4.69) is 10.6 Å². The molecule has 0 unspecified atom stereocenters. The Balaban J connectivity index is 0.00000338. The van der Waals surface area contributed by atoms with Crippen LogP contribution >= 0.6 is 12.4 Å². The van der Waals surface area contributed by atoms with Crippen molar-refractivity contribution in [3.8, 4) is 16.9 Å². The lowest BCUT2D eigenvalue weighted by Crippen LogP contribution is -2.39. The first-order valence-corrected chi connectivity index (χ1v) is 8.11. The molecule has 26 heavy (non-hydrogen) atoms. The molecule has 0 aliphatic rings. The Hall–Kier alpha value is -2.18. The number of nitrogens with one attached hydrogen (secondary N) is 2. The highest BCUT2D eigenvalue weighted by Crippen LogP contribution is 2.27. The molecular formula is C19H23ClF2N2O2. The van der Waals surface area contributed by atoms with E-state index in [1.165, 1.54) is 31.4 Å². The summed E-state index contributed by atoms with van der Waals surface area (Å²) in [6.07, 6.45) is 0. The summed E-state index contributed by atoms with van der Waals surface area (Å²) in [4.78, 5) is 12.1. The van der Waals surface area contributed by atoms with Crippen LogP contribution < -0.4 is 15.4 Å². The summed E-state index contributed by atoms with van der Waals surface area (Å²) in [5, 5.41) is 5.83. The van der Waals surface area contributed by atoms with Crippen LogP contribution in [0.2, 0.25) is 0 Å². The molecule has 0 fully saturated rings. The lowest BCUT2D eigenvalue weighted by molar-refractivity contribution is 0.0946. The average molecular weight is 385 g/mol. The van der Waals surface area contributed by atoms with Crippen molar-refractivity contribution in [2.45, 2.75) is 19.9 Å². The summed E-state index contributed by atoms with van der Waals surface area (Å²) in [6.45, 7) is 5.07. The molecule has 2 aromatic rings. The van der Waals surface area contributed by atoms with Gasteiger partial charge in [-0.05, 0) is 43.3 Å². The quantitative estimate of drug-likeness (QED) is 0.763. The summed E-state index contributed by atoms with van der Waals surface area (Å²) in [6, 6.07) is 8.48. The number of hydrogen-bond acceptors (Lipinski definition) is 3. The average Bonchev–Trinajstić information content (AvgIpc) is 2.59. The van der Waals surface area contributed by atoms with E-state index in [4.69, 9.17) is 4.74 Å². The van der Waals surface area contributed by atoms with Gasteiger partial charge >= 0.3 is 0 Å². The van der Waals surface area contributed by atoms with E-state index in [1.54, 1.807) is 6.07 Å². The molecule has 2 aromatic carbocycles. The van der Waals surface area contributed by atoms with E-state index in [0.29, 0.717) is 17.9 Å². The van der Waals surface area contributed by atoms with Gasteiger partial charge in [0.1, 0.15) is 17.4 Å². The Labute approximate surface area is 158 Å². The minimum atomic E-state index is -0.693. The molecule has 2 N–H and O–H groups in total. The fourth-order valence-corrected chi connectivity index (χ4v) is 2.49. The molecule has 7 heteroatoms. The third-order valence-corrected chi connectivity index (χ3v) is 3.82. The first-order chi connectivity index (χ1) is 12.0. The Morgan fingerprint density at radius 3 is 2.46 bits per heavy atom. The van der Waals surface area contributed by atoms with Crippen LogP contribution in [0.15, 0.2) is 36.4 Å². The molecule has 1 amide bonds. The molecule has 142 valence electrons. The zero-order valence-electron chi connectivity index (χ0n) is 14.9. The van der Waals surface area contributed by atoms with Gasteiger partial charge < -0.3 is 15.4 Å². The van der Waals surface area contributed by atoms with Crippen LogP contribution in [0.1, 0.15) is 24.2 Å². The van der Waals surface area contributed by atoms with E-state index < -0.39 is 17.5 Å². The smallest absolute Gasteiger partial charge is 0.254 e. The number of ether oxygens (including phenoxy) is 1. The molecule has 0 spiro atoms. The van der Waals surface area contributed by atoms with Crippen LogP contribution in [-0.4, -0.2) is 32.1 Å². The number of hydrogen-bond donors (Lipinski definition) is 2. The highest BCUT2D eigenvalue weighted by atomic mass is 35.5. The van der Waals surface area contributed by atoms with Crippen molar-refractivity contribution in [1.82, 2.24) is 10.6 Å². The van der Waals surface area contributed by atoms with Crippen LogP contribution in [0.4, 0.5) is 8.78 Å². The third-order valence-electron chi connectivity index (χ3n) is 3.82. The SMILES string of the molecule is CCN[C@H](C)CNC(=O)c1ccc(-c2ccc(OC)cc2F)cc1F.Cl. The van der Waals surface area contributed by atoms with Gasteiger partial charge in [-0.2, -0.15) is 0 Å². The van der Waals surface area contributed by atoms with Gasteiger partial charge in [-0.1, -0.05) is 13.0 Å². The largest absolute Gasteiger partial charge is 0.497 e. The number of amides is 1. The number of methoxy groups -OCH3 is 1. The van der Waals surface area contributed by atoms with Crippen molar-refractivity contribution < 1.29 is 18.3 Å². The fourth-order valence-electron chi connectivity index (χ4n) is 2.49. The van der Waals surface area contributed by atoms with Crippen LogP contribution in [0.5, 0.6) is 5.75 Å². The van der Waals surface area contributed by atoms with Gasteiger partial charge in [0.25, 0.3) is 5.91 Å². The van der Waals surface area contributed by atoms with E-state index in [9.17, 15) is 13.6 Å². The topological polar surface area (TPSA) is 50.4 Å². The lowest BCUT2D eigenvalue weighted by atomic mass is 10.0. The normalized spacial score (nSPS) is 11.4. The van der Waals surface area contributed by atoms with E-state index in [0.717, 1.165) is 12.6 Å². The summed E-state index contributed by atoms with van der Waals surface area (Å²) in [5.41, 5.74) is 0.531. The maximum Gasteiger partial charge on any atom is 0.254 e. The molecule has 0 saturated heterocycles. The molecule has 1 atom stereocenters. The minimum Gasteiger partial charge on any atom is -0.497 e. The van der Waals surface area contributed by atoms with Crippen LogP contribution in [0.3, 0.4) is 0 Å². The van der Waals surface area contributed by atoms with E-state index >= 15 is 0 Å². The second kappa shape index (κ2) is 10.1.